The summed E-state index contributed by atoms with van der Waals surface area (Å²) in [4.78, 5) is 12.3. The first-order valence-corrected chi connectivity index (χ1v) is 6.57. The summed E-state index contributed by atoms with van der Waals surface area (Å²) in [5, 5.41) is 8.57. The molecule has 16 heavy (non-hydrogen) atoms. The van der Waals surface area contributed by atoms with Crippen molar-refractivity contribution in [3.8, 4) is 0 Å². The number of hydrogen-bond donors (Lipinski definition) is 1. The van der Waals surface area contributed by atoms with Crippen LogP contribution in [0.1, 0.15) is 58.3 Å². The highest BCUT2D eigenvalue weighted by Crippen LogP contribution is 2.08. The van der Waals surface area contributed by atoms with Gasteiger partial charge in [0.1, 0.15) is 0 Å². The monoisotopic (exact) mass is 229 g/mol. The number of carbonyl (C=O) groups is 1. The Kier molecular flexibility index (Phi) is 10.5. The van der Waals surface area contributed by atoms with Crippen molar-refractivity contribution >= 4 is 5.97 Å². The lowest BCUT2D eigenvalue weighted by molar-refractivity contribution is -0.137. The van der Waals surface area contributed by atoms with Crippen LogP contribution in [0.2, 0.25) is 0 Å². The summed E-state index contributed by atoms with van der Waals surface area (Å²) in [5.74, 6) is -0.734. The normalized spacial score (nSPS) is 10.9. The third kappa shape index (κ3) is 11.5. The Morgan fingerprint density at radius 1 is 1.00 bits per heavy atom. The van der Waals surface area contributed by atoms with E-state index >= 15 is 0 Å². The lowest BCUT2D eigenvalue weighted by Crippen LogP contribution is -2.26. The Hall–Kier alpha value is -0.570. The summed E-state index contributed by atoms with van der Waals surface area (Å²) in [5.41, 5.74) is 0. The Labute approximate surface area is 99.8 Å². The van der Waals surface area contributed by atoms with E-state index in [1.54, 1.807) is 0 Å². The van der Waals surface area contributed by atoms with Gasteiger partial charge in [0.15, 0.2) is 0 Å². The average Bonchev–Trinajstić information content (AvgIpc) is 2.21. The number of likely N-dealkylation sites (N-methyl/N-ethyl adjacent to an activating group) is 1. The molecule has 1 N–H and O–H groups in total. The van der Waals surface area contributed by atoms with E-state index < -0.39 is 5.97 Å². The fourth-order valence-corrected chi connectivity index (χ4v) is 1.83. The zero-order chi connectivity index (χ0) is 12.2. The van der Waals surface area contributed by atoms with Gasteiger partial charge < -0.3 is 5.11 Å². The fourth-order valence-electron chi connectivity index (χ4n) is 1.83. The zero-order valence-electron chi connectivity index (χ0n) is 10.9. The van der Waals surface area contributed by atoms with Crippen molar-refractivity contribution in [3.05, 3.63) is 0 Å². The molecule has 0 saturated heterocycles. The van der Waals surface area contributed by atoms with Gasteiger partial charge in [0.05, 0.1) is 6.54 Å². The Morgan fingerprint density at radius 3 is 2.00 bits per heavy atom. The van der Waals surface area contributed by atoms with Crippen LogP contribution in [0.4, 0.5) is 0 Å². The minimum Gasteiger partial charge on any atom is -0.480 e. The van der Waals surface area contributed by atoms with Crippen LogP contribution in [-0.2, 0) is 4.79 Å². The van der Waals surface area contributed by atoms with Gasteiger partial charge in [-0.05, 0) is 20.0 Å². The molecule has 0 saturated carbocycles. The molecule has 0 fully saturated rings. The fraction of sp³-hybridized carbons (Fsp3) is 0.923. The molecular weight excluding hydrogens is 202 g/mol. The van der Waals surface area contributed by atoms with E-state index in [4.69, 9.17) is 5.11 Å². The molecule has 0 radical (unpaired) electrons. The number of hydrogen-bond acceptors (Lipinski definition) is 2. The number of unbranched alkanes of at least 4 members (excludes halogenated alkanes) is 7. The highest BCUT2D eigenvalue weighted by Gasteiger charge is 2.02. The Bertz CT molecular complexity index is 171. The highest BCUT2D eigenvalue weighted by molar-refractivity contribution is 5.68. The van der Waals surface area contributed by atoms with Gasteiger partial charge in [-0.25, -0.2) is 0 Å². The third-order valence-electron chi connectivity index (χ3n) is 2.80. The van der Waals surface area contributed by atoms with Crippen LogP contribution in [0, 0.1) is 0 Å². The maximum atomic E-state index is 10.4. The minimum atomic E-state index is -0.734. The van der Waals surface area contributed by atoms with E-state index in [1.165, 1.54) is 44.9 Å². The molecule has 0 rings (SSSR count). The summed E-state index contributed by atoms with van der Waals surface area (Å²) >= 11 is 0. The predicted molar refractivity (Wildman–Crippen MR) is 67.7 cm³/mol. The van der Waals surface area contributed by atoms with Crippen LogP contribution in [-0.4, -0.2) is 36.1 Å². The Morgan fingerprint density at radius 2 is 1.50 bits per heavy atom. The first kappa shape index (κ1) is 15.4. The lowest BCUT2D eigenvalue weighted by Gasteiger charge is -2.13. The summed E-state index contributed by atoms with van der Waals surface area (Å²) in [7, 11) is 1.87. The lowest BCUT2D eigenvalue weighted by atomic mass is 10.1. The topological polar surface area (TPSA) is 40.5 Å². The molecule has 0 aliphatic rings. The highest BCUT2D eigenvalue weighted by atomic mass is 16.4. The average molecular weight is 229 g/mol. The first-order chi connectivity index (χ1) is 7.66. The first-order valence-electron chi connectivity index (χ1n) is 6.57. The molecular formula is C13H27NO2. The van der Waals surface area contributed by atoms with Crippen LogP contribution in [0.3, 0.4) is 0 Å². The van der Waals surface area contributed by atoms with Gasteiger partial charge in [-0.3, -0.25) is 9.69 Å². The SMILES string of the molecule is CCCCCCCCCCN(C)CC(=O)O. The van der Waals surface area contributed by atoms with Crippen molar-refractivity contribution in [2.45, 2.75) is 58.3 Å². The molecule has 0 amide bonds. The van der Waals surface area contributed by atoms with Crippen LogP contribution < -0.4 is 0 Å². The van der Waals surface area contributed by atoms with Crippen molar-refractivity contribution in [3.63, 3.8) is 0 Å². The molecule has 3 nitrogen and oxygen atoms in total. The number of nitrogens with zero attached hydrogens (tertiary/aromatic N) is 1. The van der Waals surface area contributed by atoms with E-state index in [2.05, 4.69) is 6.92 Å². The van der Waals surface area contributed by atoms with Gasteiger partial charge in [-0.1, -0.05) is 51.9 Å². The second-order valence-electron chi connectivity index (χ2n) is 4.61. The van der Waals surface area contributed by atoms with Gasteiger partial charge in [-0.2, -0.15) is 0 Å². The van der Waals surface area contributed by atoms with Crippen LogP contribution in [0.5, 0.6) is 0 Å². The minimum absolute atomic E-state index is 0.163. The third-order valence-corrected chi connectivity index (χ3v) is 2.80. The number of carboxylic acids is 1. The second kappa shape index (κ2) is 10.9. The molecule has 3 heteroatoms. The van der Waals surface area contributed by atoms with Crippen LogP contribution in [0.15, 0.2) is 0 Å². The molecule has 0 aliphatic carbocycles. The van der Waals surface area contributed by atoms with Crippen molar-refractivity contribution in [2.24, 2.45) is 0 Å². The predicted octanol–water partition coefficient (Wildman–Crippen LogP) is 3.14. The summed E-state index contributed by atoms with van der Waals surface area (Å²) in [6.45, 7) is 3.30. The van der Waals surface area contributed by atoms with E-state index in [-0.39, 0.29) is 6.54 Å². The van der Waals surface area contributed by atoms with Gasteiger partial charge in [0.25, 0.3) is 0 Å². The largest absolute Gasteiger partial charge is 0.480 e. The van der Waals surface area contributed by atoms with Crippen molar-refractivity contribution in [2.75, 3.05) is 20.1 Å². The smallest absolute Gasteiger partial charge is 0.317 e. The summed E-state index contributed by atoms with van der Waals surface area (Å²) < 4.78 is 0. The van der Waals surface area contributed by atoms with E-state index in [9.17, 15) is 4.79 Å². The van der Waals surface area contributed by atoms with Crippen molar-refractivity contribution in [1.82, 2.24) is 4.90 Å². The molecule has 0 aromatic carbocycles. The van der Waals surface area contributed by atoms with Crippen LogP contribution >= 0.6 is 0 Å². The number of carboxylic acid groups (broad SMARTS) is 1. The molecule has 0 aromatic rings. The molecule has 0 aliphatic heterocycles. The molecule has 0 heterocycles. The standard InChI is InChI=1S/C13H27NO2/c1-3-4-5-6-7-8-9-10-11-14(2)12-13(15)16/h3-12H2,1-2H3,(H,15,16). The Balaban J connectivity index is 3.11. The van der Waals surface area contributed by atoms with Gasteiger partial charge in [0, 0.05) is 0 Å². The molecule has 96 valence electrons. The maximum Gasteiger partial charge on any atom is 0.317 e. The molecule has 0 atom stereocenters. The quantitative estimate of drug-likeness (QED) is 0.553. The molecule has 0 unspecified atom stereocenters. The van der Waals surface area contributed by atoms with E-state index in [0.29, 0.717) is 0 Å². The van der Waals surface area contributed by atoms with Gasteiger partial charge in [-0.15, -0.1) is 0 Å². The maximum absolute atomic E-state index is 10.4. The zero-order valence-corrected chi connectivity index (χ0v) is 10.9. The van der Waals surface area contributed by atoms with Crippen LogP contribution in [0.25, 0.3) is 0 Å². The molecule has 0 bridgehead atoms. The van der Waals surface area contributed by atoms with E-state index in [1.807, 2.05) is 11.9 Å². The van der Waals surface area contributed by atoms with Crippen molar-refractivity contribution in [1.29, 1.82) is 0 Å². The van der Waals surface area contributed by atoms with E-state index in [0.717, 1.165) is 13.0 Å². The number of aliphatic carboxylic acids is 1. The second-order valence-corrected chi connectivity index (χ2v) is 4.61. The molecule has 0 aromatic heterocycles. The van der Waals surface area contributed by atoms with Crippen molar-refractivity contribution < 1.29 is 9.90 Å². The van der Waals surface area contributed by atoms with Gasteiger partial charge >= 0.3 is 5.97 Å². The molecule has 0 spiro atoms. The van der Waals surface area contributed by atoms with Gasteiger partial charge in [0.2, 0.25) is 0 Å². The number of rotatable bonds is 11. The summed E-state index contributed by atoms with van der Waals surface area (Å²) in [6.07, 6.45) is 10.4. The summed E-state index contributed by atoms with van der Waals surface area (Å²) in [6, 6.07) is 0.